The van der Waals surface area contributed by atoms with Gasteiger partial charge in [0.15, 0.2) is 0 Å². The van der Waals surface area contributed by atoms with Gasteiger partial charge >= 0.3 is 6.03 Å². The predicted octanol–water partition coefficient (Wildman–Crippen LogP) is 4.45. The van der Waals surface area contributed by atoms with Gasteiger partial charge in [-0.25, -0.2) is 4.79 Å². The number of benzene rings is 2. The number of carbonyl (C=O) groups is 1. The van der Waals surface area contributed by atoms with Gasteiger partial charge in [0.1, 0.15) is 0 Å². The van der Waals surface area contributed by atoms with E-state index < -0.39 is 0 Å². The average Bonchev–Trinajstić information content (AvgIpc) is 2.84. The molecule has 2 aromatic carbocycles. The first-order valence-corrected chi connectivity index (χ1v) is 7.36. The molecule has 0 unspecified atom stereocenters. The molecular formula is C17H16ClN3O. The summed E-state index contributed by atoms with van der Waals surface area (Å²) in [6.07, 6.45) is 0. The number of urea groups is 1. The van der Waals surface area contributed by atoms with Crippen LogP contribution in [0.15, 0.2) is 48.5 Å². The average molecular weight is 314 g/mol. The van der Waals surface area contributed by atoms with Crippen LogP contribution < -0.4 is 10.6 Å². The van der Waals surface area contributed by atoms with E-state index in [-0.39, 0.29) is 6.03 Å². The first-order chi connectivity index (χ1) is 10.6. The summed E-state index contributed by atoms with van der Waals surface area (Å²) < 4.78 is 0. The molecule has 0 aliphatic rings. The van der Waals surface area contributed by atoms with Crippen molar-refractivity contribution in [2.45, 2.75) is 13.5 Å². The fraction of sp³-hybridized carbons (Fsp3) is 0.118. The molecule has 0 aliphatic carbocycles. The zero-order chi connectivity index (χ0) is 15.5. The number of hydrogen-bond acceptors (Lipinski definition) is 1. The molecule has 0 fully saturated rings. The van der Waals surface area contributed by atoms with Gasteiger partial charge in [0.25, 0.3) is 0 Å². The zero-order valence-electron chi connectivity index (χ0n) is 12.1. The Hall–Kier alpha value is -2.46. The maximum absolute atomic E-state index is 11.9. The molecule has 0 aliphatic heterocycles. The highest BCUT2D eigenvalue weighted by Gasteiger charge is 2.04. The zero-order valence-corrected chi connectivity index (χ0v) is 12.9. The van der Waals surface area contributed by atoms with E-state index >= 15 is 0 Å². The van der Waals surface area contributed by atoms with Crippen molar-refractivity contribution >= 4 is 34.2 Å². The molecule has 0 saturated carbocycles. The summed E-state index contributed by atoms with van der Waals surface area (Å²) in [4.78, 5) is 15.2. The normalized spacial score (nSPS) is 10.6. The number of hydrogen-bond donors (Lipinski definition) is 3. The number of rotatable bonds is 3. The van der Waals surface area contributed by atoms with Crippen LogP contribution in [0.4, 0.5) is 10.5 Å². The number of fused-ring (bicyclic) bond motifs is 1. The Balaban J connectivity index is 1.62. The van der Waals surface area contributed by atoms with Gasteiger partial charge in [-0.15, -0.1) is 0 Å². The Morgan fingerprint density at radius 2 is 2.05 bits per heavy atom. The molecule has 1 aromatic heterocycles. The van der Waals surface area contributed by atoms with Gasteiger partial charge < -0.3 is 15.6 Å². The fourth-order valence-electron chi connectivity index (χ4n) is 2.36. The lowest BCUT2D eigenvalue weighted by Gasteiger charge is -2.08. The minimum atomic E-state index is -0.257. The standard InChI is InChI=1S/C17H16ClN3O/c1-11-7-13-8-12(5-6-16(13)20-11)10-19-17(22)21-15-4-2-3-14(18)9-15/h2-9,20H,10H2,1H3,(H2,19,21,22). The number of nitrogens with one attached hydrogen (secondary N) is 3. The molecule has 0 atom stereocenters. The Bertz CT molecular complexity index is 826. The summed E-state index contributed by atoms with van der Waals surface area (Å²) in [7, 11) is 0. The second kappa shape index (κ2) is 6.12. The second-order valence-electron chi connectivity index (χ2n) is 5.19. The van der Waals surface area contributed by atoms with Gasteiger partial charge in [-0.1, -0.05) is 23.7 Å². The van der Waals surface area contributed by atoms with E-state index in [1.165, 1.54) is 0 Å². The van der Waals surface area contributed by atoms with Crippen LogP contribution >= 0.6 is 11.6 Å². The summed E-state index contributed by atoms with van der Waals surface area (Å²) in [5.74, 6) is 0. The fourth-order valence-corrected chi connectivity index (χ4v) is 2.55. The third-order valence-electron chi connectivity index (χ3n) is 3.36. The van der Waals surface area contributed by atoms with Crippen molar-refractivity contribution in [3.63, 3.8) is 0 Å². The van der Waals surface area contributed by atoms with Crippen LogP contribution in [0.3, 0.4) is 0 Å². The molecule has 3 rings (SSSR count). The van der Waals surface area contributed by atoms with E-state index in [0.717, 1.165) is 22.2 Å². The molecular weight excluding hydrogens is 298 g/mol. The largest absolute Gasteiger partial charge is 0.359 e. The quantitative estimate of drug-likeness (QED) is 0.657. The van der Waals surface area contributed by atoms with Gasteiger partial charge in [0.2, 0.25) is 0 Å². The molecule has 1 heterocycles. The summed E-state index contributed by atoms with van der Waals surface area (Å²) in [5.41, 5.74) is 3.94. The smallest absolute Gasteiger partial charge is 0.319 e. The van der Waals surface area contributed by atoms with Crippen molar-refractivity contribution < 1.29 is 4.79 Å². The van der Waals surface area contributed by atoms with Crippen LogP contribution in [-0.2, 0) is 6.54 Å². The molecule has 0 spiro atoms. The number of carbonyl (C=O) groups excluding carboxylic acids is 1. The second-order valence-corrected chi connectivity index (χ2v) is 5.63. The Kier molecular flexibility index (Phi) is 4.02. The molecule has 3 N–H and O–H groups in total. The number of amides is 2. The Morgan fingerprint density at radius 1 is 1.18 bits per heavy atom. The highest BCUT2D eigenvalue weighted by molar-refractivity contribution is 6.30. The Morgan fingerprint density at radius 3 is 2.86 bits per heavy atom. The van der Waals surface area contributed by atoms with E-state index in [9.17, 15) is 4.79 Å². The lowest BCUT2D eigenvalue weighted by atomic mass is 10.1. The van der Waals surface area contributed by atoms with E-state index in [0.29, 0.717) is 17.3 Å². The number of halogens is 1. The molecule has 0 bridgehead atoms. The maximum Gasteiger partial charge on any atom is 0.319 e. The van der Waals surface area contributed by atoms with Gasteiger partial charge in [-0.05, 0) is 54.3 Å². The van der Waals surface area contributed by atoms with E-state index in [2.05, 4.69) is 27.8 Å². The lowest BCUT2D eigenvalue weighted by molar-refractivity contribution is 0.251. The number of aryl methyl sites for hydroxylation is 1. The summed E-state index contributed by atoms with van der Waals surface area (Å²) in [5, 5.41) is 7.32. The molecule has 0 radical (unpaired) electrons. The minimum absolute atomic E-state index is 0.257. The highest BCUT2D eigenvalue weighted by Crippen LogP contribution is 2.17. The van der Waals surface area contributed by atoms with Crippen molar-refractivity contribution in [2.75, 3.05) is 5.32 Å². The van der Waals surface area contributed by atoms with Crippen LogP contribution in [0.2, 0.25) is 5.02 Å². The van der Waals surface area contributed by atoms with Crippen molar-refractivity contribution in [2.24, 2.45) is 0 Å². The maximum atomic E-state index is 11.9. The van der Waals surface area contributed by atoms with E-state index in [1.54, 1.807) is 24.3 Å². The van der Waals surface area contributed by atoms with Crippen LogP contribution in [0, 0.1) is 6.92 Å². The minimum Gasteiger partial charge on any atom is -0.359 e. The van der Waals surface area contributed by atoms with E-state index in [1.807, 2.05) is 19.1 Å². The predicted molar refractivity (Wildman–Crippen MR) is 90.3 cm³/mol. The molecule has 2 amide bonds. The summed E-state index contributed by atoms with van der Waals surface area (Å²) >= 11 is 5.88. The molecule has 5 heteroatoms. The number of aromatic amines is 1. The Labute approximate surface area is 133 Å². The SMILES string of the molecule is Cc1cc2cc(CNC(=O)Nc3cccc(Cl)c3)ccc2[nH]1. The van der Waals surface area contributed by atoms with Gasteiger partial charge in [0, 0.05) is 28.5 Å². The molecule has 3 aromatic rings. The molecule has 112 valence electrons. The van der Waals surface area contributed by atoms with Gasteiger partial charge in [-0.2, -0.15) is 0 Å². The summed E-state index contributed by atoms with van der Waals surface area (Å²) in [6, 6.07) is 15.0. The van der Waals surface area contributed by atoms with Crippen molar-refractivity contribution in [1.29, 1.82) is 0 Å². The molecule has 4 nitrogen and oxygen atoms in total. The van der Waals surface area contributed by atoms with Gasteiger partial charge in [-0.3, -0.25) is 0 Å². The van der Waals surface area contributed by atoms with Crippen LogP contribution in [0.1, 0.15) is 11.3 Å². The van der Waals surface area contributed by atoms with Crippen LogP contribution in [-0.4, -0.2) is 11.0 Å². The third-order valence-corrected chi connectivity index (χ3v) is 3.59. The van der Waals surface area contributed by atoms with Crippen molar-refractivity contribution in [1.82, 2.24) is 10.3 Å². The third kappa shape index (κ3) is 3.40. The molecule has 0 saturated heterocycles. The van der Waals surface area contributed by atoms with Crippen molar-refractivity contribution in [3.8, 4) is 0 Å². The van der Waals surface area contributed by atoms with E-state index in [4.69, 9.17) is 11.6 Å². The monoisotopic (exact) mass is 313 g/mol. The van der Waals surface area contributed by atoms with Crippen molar-refractivity contribution in [3.05, 3.63) is 64.8 Å². The number of H-pyrrole nitrogens is 1. The number of aromatic nitrogens is 1. The first-order valence-electron chi connectivity index (χ1n) is 6.99. The van der Waals surface area contributed by atoms with Crippen LogP contribution in [0.25, 0.3) is 10.9 Å². The van der Waals surface area contributed by atoms with Crippen LogP contribution in [0.5, 0.6) is 0 Å². The molecule has 22 heavy (non-hydrogen) atoms. The number of anilines is 1. The first kappa shape index (κ1) is 14.5. The van der Waals surface area contributed by atoms with Gasteiger partial charge in [0.05, 0.1) is 0 Å². The summed E-state index contributed by atoms with van der Waals surface area (Å²) in [6.45, 7) is 2.49. The lowest BCUT2D eigenvalue weighted by Crippen LogP contribution is -2.28. The highest BCUT2D eigenvalue weighted by atomic mass is 35.5. The topological polar surface area (TPSA) is 56.9 Å².